The van der Waals surface area contributed by atoms with E-state index in [1.807, 2.05) is 14.1 Å². The second-order valence-corrected chi connectivity index (χ2v) is 2.09. The third-order valence-corrected chi connectivity index (χ3v) is 0.690. The molecule has 2 heteroatoms. The van der Waals surface area contributed by atoms with Crippen molar-refractivity contribution in [2.24, 2.45) is 0 Å². The van der Waals surface area contributed by atoms with Gasteiger partial charge in [-0.15, -0.1) is 0 Å². The molecule has 0 N–H and O–H groups in total. The lowest BCUT2D eigenvalue weighted by Crippen LogP contribution is -2.00. The van der Waals surface area contributed by atoms with Gasteiger partial charge >= 0.3 is 0 Å². The Morgan fingerprint density at radius 2 is 2.10 bits per heavy atom. The molecule has 0 spiro atoms. The minimum Gasteiger partial charge on any atom is -0.338 e. The molecule has 0 saturated carbocycles. The van der Waals surface area contributed by atoms with Crippen LogP contribution in [0.25, 0.3) is 0 Å². The van der Waals surface area contributed by atoms with Gasteiger partial charge in [0.05, 0.1) is 0 Å². The monoisotopic (exact) mass is 137 g/mol. The maximum absolute atomic E-state index is 10.3. The zero-order valence-electron chi connectivity index (χ0n) is 6.51. The number of hydrogen-bond donors (Lipinski definition) is 0. The van der Waals surface area contributed by atoms with Gasteiger partial charge in [0.15, 0.2) is 5.78 Å². The van der Waals surface area contributed by atoms with E-state index in [1.165, 1.54) is 13.0 Å². The van der Waals surface area contributed by atoms with Crippen LogP contribution in [0.1, 0.15) is 6.92 Å². The van der Waals surface area contributed by atoms with Crippen molar-refractivity contribution < 1.29 is 4.79 Å². The van der Waals surface area contributed by atoms with E-state index in [2.05, 4.69) is 12.0 Å². The van der Waals surface area contributed by atoms with Crippen molar-refractivity contribution >= 4 is 5.78 Å². The van der Waals surface area contributed by atoms with E-state index in [1.54, 1.807) is 11.0 Å². The average molecular weight is 137 g/mol. The van der Waals surface area contributed by atoms with Gasteiger partial charge < -0.3 is 4.90 Å². The molecule has 0 aromatic rings. The molecule has 0 aliphatic rings. The van der Waals surface area contributed by atoms with Gasteiger partial charge in [0.2, 0.25) is 0 Å². The van der Waals surface area contributed by atoms with Crippen LogP contribution in [-0.4, -0.2) is 24.8 Å². The van der Waals surface area contributed by atoms with Crippen LogP contribution in [0.4, 0.5) is 0 Å². The maximum atomic E-state index is 10.3. The highest BCUT2D eigenvalue weighted by atomic mass is 16.1. The Labute approximate surface area is 61.5 Å². The van der Waals surface area contributed by atoms with Crippen LogP contribution in [-0.2, 0) is 4.79 Å². The first-order valence-corrected chi connectivity index (χ1v) is 2.98. The van der Waals surface area contributed by atoms with Gasteiger partial charge in [-0.1, -0.05) is 5.92 Å². The highest BCUT2D eigenvalue weighted by Crippen LogP contribution is 1.73. The summed E-state index contributed by atoms with van der Waals surface area (Å²) >= 11 is 0. The first kappa shape index (κ1) is 8.77. The highest BCUT2D eigenvalue weighted by Gasteiger charge is 1.76. The van der Waals surface area contributed by atoms with Crippen molar-refractivity contribution in [1.82, 2.24) is 4.90 Å². The fraction of sp³-hybridized carbons (Fsp3) is 0.375. The van der Waals surface area contributed by atoms with Crippen molar-refractivity contribution in [3.05, 3.63) is 12.2 Å². The Kier molecular flexibility index (Phi) is 4.06. The summed E-state index contributed by atoms with van der Waals surface area (Å²) in [6, 6.07) is 2.75. The molecule has 0 rings (SSSR count). The van der Waals surface area contributed by atoms with Gasteiger partial charge in [0.1, 0.15) is 0 Å². The maximum Gasteiger partial charge on any atom is 0.153 e. The number of hydrogen-bond acceptors (Lipinski definition) is 2. The van der Waals surface area contributed by atoms with Gasteiger partial charge in [-0.25, -0.2) is 0 Å². The van der Waals surface area contributed by atoms with E-state index < -0.39 is 0 Å². The fourth-order valence-corrected chi connectivity index (χ4v) is 0.325. The zero-order chi connectivity index (χ0) is 7.98. The Morgan fingerprint density at radius 1 is 1.50 bits per heavy atom. The zero-order valence-corrected chi connectivity index (χ0v) is 6.51. The van der Waals surface area contributed by atoms with Crippen LogP contribution < -0.4 is 0 Å². The summed E-state index contributed by atoms with van der Waals surface area (Å²) in [5.41, 5.74) is 0. The van der Waals surface area contributed by atoms with Crippen LogP contribution in [0, 0.1) is 12.0 Å². The molecule has 2 nitrogen and oxygen atoms in total. The summed E-state index contributed by atoms with van der Waals surface area (Å²) < 4.78 is 0. The van der Waals surface area contributed by atoms with Gasteiger partial charge in [-0.3, -0.25) is 4.79 Å². The molecule has 54 valence electrons. The molecule has 0 fully saturated rings. The molecule has 0 aliphatic heterocycles. The van der Waals surface area contributed by atoms with Crippen molar-refractivity contribution in [2.45, 2.75) is 6.92 Å². The molecule has 0 amide bonds. The van der Waals surface area contributed by atoms with E-state index in [0.717, 1.165) is 0 Å². The average Bonchev–Trinajstić information content (AvgIpc) is 1.79. The van der Waals surface area contributed by atoms with Crippen LogP contribution in [0.5, 0.6) is 0 Å². The lowest BCUT2D eigenvalue weighted by atomic mass is 10.4. The van der Waals surface area contributed by atoms with E-state index in [9.17, 15) is 4.79 Å². The van der Waals surface area contributed by atoms with E-state index in [-0.39, 0.29) is 5.78 Å². The Morgan fingerprint density at radius 3 is 2.50 bits per heavy atom. The molecule has 0 radical (unpaired) electrons. The number of nitrogens with zero attached hydrogens (tertiary/aromatic N) is 1. The predicted molar refractivity (Wildman–Crippen MR) is 41.3 cm³/mol. The molecule has 0 atom stereocenters. The first-order valence-electron chi connectivity index (χ1n) is 2.98. The number of allylic oxidation sites excluding steroid dienone is 2. The first-order chi connectivity index (χ1) is 4.63. The van der Waals surface area contributed by atoms with Gasteiger partial charge in [0, 0.05) is 20.1 Å². The molecule has 0 heterocycles. The lowest BCUT2D eigenvalue weighted by molar-refractivity contribution is -0.112. The van der Waals surface area contributed by atoms with E-state index in [0.29, 0.717) is 0 Å². The van der Waals surface area contributed by atoms with E-state index >= 15 is 0 Å². The van der Waals surface area contributed by atoms with Crippen molar-refractivity contribution in [3.8, 4) is 12.0 Å². The van der Waals surface area contributed by atoms with Crippen LogP contribution in [0.2, 0.25) is 0 Å². The topological polar surface area (TPSA) is 20.3 Å². The minimum absolute atomic E-state index is 0.0213. The van der Waals surface area contributed by atoms with Gasteiger partial charge in [-0.05, 0) is 19.1 Å². The summed E-state index contributed by atoms with van der Waals surface area (Å²) in [6.45, 7) is 1.49. The summed E-state index contributed by atoms with van der Waals surface area (Å²) in [5.74, 6) is 2.71. The molecule has 0 unspecified atom stereocenters. The molecule has 0 saturated heterocycles. The Bertz CT molecular complexity index is 193. The summed E-state index contributed by atoms with van der Waals surface area (Å²) in [6.07, 6.45) is 2.98. The van der Waals surface area contributed by atoms with Crippen molar-refractivity contribution in [2.75, 3.05) is 14.1 Å². The largest absolute Gasteiger partial charge is 0.338 e. The third kappa shape index (κ3) is 6.77. The SMILES string of the molecule is CC(=O)/C=C\C#CN(C)C. The van der Waals surface area contributed by atoms with Crippen LogP contribution in [0.3, 0.4) is 0 Å². The normalized spacial score (nSPS) is 8.70. The third-order valence-electron chi connectivity index (χ3n) is 0.690. The van der Waals surface area contributed by atoms with Crippen LogP contribution >= 0.6 is 0 Å². The smallest absolute Gasteiger partial charge is 0.153 e. The minimum atomic E-state index is 0.0213. The second-order valence-electron chi connectivity index (χ2n) is 2.09. The second kappa shape index (κ2) is 4.63. The summed E-state index contributed by atoms with van der Waals surface area (Å²) in [7, 11) is 3.68. The van der Waals surface area contributed by atoms with Crippen molar-refractivity contribution in [1.29, 1.82) is 0 Å². The predicted octanol–water partition coefficient (Wildman–Crippen LogP) is 0.654. The Hall–Kier alpha value is -1.23. The number of carbonyl (C=O) groups is 1. The number of ketones is 1. The quantitative estimate of drug-likeness (QED) is 0.300. The molecule has 0 bridgehead atoms. The number of carbonyl (C=O) groups excluding carboxylic acids is 1. The number of rotatable bonds is 1. The standard InChI is InChI=1S/C8H11NO/c1-8(10)6-4-5-7-9(2)3/h4,6H,1-3H3/b6-4-. The molecule has 10 heavy (non-hydrogen) atoms. The summed E-state index contributed by atoms with van der Waals surface area (Å²) in [5, 5.41) is 0. The lowest BCUT2D eigenvalue weighted by Gasteiger charge is -1.95. The molecular weight excluding hydrogens is 126 g/mol. The summed E-state index contributed by atoms with van der Waals surface area (Å²) in [4.78, 5) is 12.0. The molecule has 0 aromatic heterocycles. The molecule has 0 aromatic carbocycles. The molecular formula is C8H11NO. The van der Waals surface area contributed by atoms with E-state index in [4.69, 9.17) is 0 Å². The fourth-order valence-electron chi connectivity index (χ4n) is 0.325. The molecule has 0 aliphatic carbocycles. The highest BCUT2D eigenvalue weighted by molar-refractivity contribution is 5.87. The van der Waals surface area contributed by atoms with Gasteiger partial charge in [-0.2, -0.15) is 0 Å². The Balaban J connectivity index is 3.76. The van der Waals surface area contributed by atoms with Crippen LogP contribution in [0.15, 0.2) is 12.2 Å². The van der Waals surface area contributed by atoms with Crippen molar-refractivity contribution in [3.63, 3.8) is 0 Å². The van der Waals surface area contributed by atoms with Gasteiger partial charge in [0.25, 0.3) is 0 Å².